The van der Waals surface area contributed by atoms with E-state index in [2.05, 4.69) is 29.6 Å². The first kappa shape index (κ1) is 18.6. The molecule has 0 aromatic heterocycles. The second-order valence-electron chi connectivity index (χ2n) is 6.82. The van der Waals surface area contributed by atoms with Crippen LogP contribution in [-0.2, 0) is 4.79 Å². The van der Waals surface area contributed by atoms with Gasteiger partial charge >= 0.3 is 0 Å². The molecule has 0 spiro atoms. The average molecular weight is 360 g/mol. The smallest absolute Gasteiger partial charge is 0.280 e. The van der Waals surface area contributed by atoms with Crippen molar-refractivity contribution in [3.8, 4) is 5.75 Å². The SMILES string of the molecule is Cc1cc(C)c(/C=N\NC(=O)[C@@H](C)Oc2ccc3ccccc3c2)c(C)c1. The highest BCUT2D eigenvalue weighted by molar-refractivity contribution is 5.87. The van der Waals surface area contributed by atoms with Crippen molar-refractivity contribution in [1.29, 1.82) is 0 Å². The summed E-state index contributed by atoms with van der Waals surface area (Å²) in [5.74, 6) is 0.368. The molecule has 0 aliphatic heterocycles. The standard InChI is InChI=1S/C23H24N2O2/c1-15-11-16(2)22(17(3)12-15)14-24-25-23(26)18(4)27-21-10-9-19-7-5-6-8-20(19)13-21/h5-14,18H,1-4H3,(H,25,26)/b24-14-/t18-/m1/s1. The quantitative estimate of drug-likeness (QED) is 0.530. The molecule has 0 bridgehead atoms. The minimum atomic E-state index is -0.650. The van der Waals surface area contributed by atoms with E-state index in [1.54, 1.807) is 13.1 Å². The molecule has 1 N–H and O–H groups in total. The maximum atomic E-state index is 12.3. The zero-order chi connectivity index (χ0) is 19.4. The van der Waals surface area contributed by atoms with Crippen molar-refractivity contribution in [2.45, 2.75) is 33.8 Å². The molecular weight excluding hydrogens is 336 g/mol. The van der Waals surface area contributed by atoms with Gasteiger partial charge in [0.2, 0.25) is 0 Å². The minimum Gasteiger partial charge on any atom is -0.481 e. The zero-order valence-corrected chi connectivity index (χ0v) is 16.1. The fraction of sp³-hybridized carbons (Fsp3) is 0.217. The van der Waals surface area contributed by atoms with E-state index in [-0.39, 0.29) is 5.91 Å². The summed E-state index contributed by atoms with van der Waals surface area (Å²) in [6.45, 7) is 7.85. The van der Waals surface area contributed by atoms with Crippen LogP contribution in [0.25, 0.3) is 10.8 Å². The summed E-state index contributed by atoms with van der Waals surface area (Å²) in [4.78, 5) is 12.3. The molecule has 0 saturated carbocycles. The first-order chi connectivity index (χ1) is 12.9. The van der Waals surface area contributed by atoms with Gasteiger partial charge in [0.25, 0.3) is 5.91 Å². The van der Waals surface area contributed by atoms with E-state index in [1.165, 1.54) is 5.56 Å². The third-order valence-electron chi connectivity index (χ3n) is 4.51. The van der Waals surface area contributed by atoms with Crippen molar-refractivity contribution in [1.82, 2.24) is 5.43 Å². The summed E-state index contributed by atoms with van der Waals surface area (Å²) in [7, 11) is 0. The largest absolute Gasteiger partial charge is 0.481 e. The summed E-state index contributed by atoms with van der Waals surface area (Å²) in [5, 5.41) is 6.31. The highest BCUT2D eigenvalue weighted by Crippen LogP contribution is 2.21. The van der Waals surface area contributed by atoms with Crippen LogP contribution in [0, 0.1) is 20.8 Å². The molecule has 0 aliphatic rings. The van der Waals surface area contributed by atoms with Gasteiger partial charge < -0.3 is 4.74 Å². The van der Waals surface area contributed by atoms with E-state index >= 15 is 0 Å². The molecule has 0 heterocycles. The molecular formula is C23H24N2O2. The van der Waals surface area contributed by atoms with Crippen molar-refractivity contribution >= 4 is 22.9 Å². The number of aryl methyl sites for hydroxylation is 3. The molecule has 3 aromatic rings. The van der Waals surface area contributed by atoms with E-state index < -0.39 is 6.10 Å². The number of hydrazone groups is 1. The molecule has 0 aliphatic carbocycles. The zero-order valence-electron chi connectivity index (χ0n) is 16.1. The highest BCUT2D eigenvalue weighted by Gasteiger charge is 2.14. The van der Waals surface area contributed by atoms with Crippen LogP contribution in [0.3, 0.4) is 0 Å². The number of nitrogens with zero attached hydrogens (tertiary/aromatic N) is 1. The topological polar surface area (TPSA) is 50.7 Å². The number of amides is 1. The molecule has 138 valence electrons. The van der Waals surface area contributed by atoms with Crippen molar-refractivity contribution in [3.05, 3.63) is 76.9 Å². The lowest BCUT2D eigenvalue weighted by Gasteiger charge is -2.13. The van der Waals surface area contributed by atoms with Gasteiger partial charge in [0.1, 0.15) is 5.75 Å². The second-order valence-corrected chi connectivity index (χ2v) is 6.82. The Morgan fingerprint density at radius 2 is 1.67 bits per heavy atom. The van der Waals surface area contributed by atoms with E-state index in [9.17, 15) is 4.79 Å². The number of ether oxygens (including phenoxy) is 1. The minimum absolute atomic E-state index is 0.290. The Morgan fingerprint density at radius 1 is 1.00 bits per heavy atom. The number of carbonyl (C=O) groups excluding carboxylic acids is 1. The van der Waals surface area contributed by atoms with Gasteiger partial charge in [0.05, 0.1) is 6.21 Å². The second kappa shape index (κ2) is 8.04. The van der Waals surface area contributed by atoms with Gasteiger partial charge in [0, 0.05) is 5.56 Å². The number of hydrogen-bond acceptors (Lipinski definition) is 3. The van der Waals surface area contributed by atoms with Crippen LogP contribution < -0.4 is 10.2 Å². The van der Waals surface area contributed by atoms with Crippen LogP contribution in [-0.4, -0.2) is 18.2 Å². The van der Waals surface area contributed by atoms with Crippen molar-refractivity contribution in [3.63, 3.8) is 0 Å². The van der Waals surface area contributed by atoms with Crippen LogP contribution in [0.1, 0.15) is 29.2 Å². The summed E-state index contributed by atoms with van der Waals surface area (Å²) < 4.78 is 5.76. The average Bonchev–Trinajstić information content (AvgIpc) is 2.63. The Labute approximate surface area is 159 Å². The molecule has 0 fully saturated rings. The normalized spacial score (nSPS) is 12.3. The first-order valence-corrected chi connectivity index (χ1v) is 9.00. The fourth-order valence-electron chi connectivity index (χ4n) is 3.14. The molecule has 1 amide bonds. The number of carbonyl (C=O) groups is 1. The van der Waals surface area contributed by atoms with Gasteiger partial charge in [-0.3, -0.25) is 4.79 Å². The number of rotatable bonds is 5. The predicted octanol–water partition coefficient (Wildman–Crippen LogP) is 4.68. The first-order valence-electron chi connectivity index (χ1n) is 9.00. The predicted molar refractivity (Wildman–Crippen MR) is 110 cm³/mol. The number of nitrogens with one attached hydrogen (secondary N) is 1. The summed E-state index contributed by atoms with van der Waals surface area (Å²) >= 11 is 0. The molecule has 4 heteroatoms. The lowest BCUT2D eigenvalue weighted by atomic mass is 10.0. The Morgan fingerprint density at radius 3 is 2.37 bits per heavy atom. The van der Waals surface area contributed by atoms with Crippen molar-refractivity contribution < 1.29 is 9.53 Å². The van der Waals surface area contributed by atoms with Gasteiger partial charge in [0.15, 0.2) is 6.10 Å². The maximum absolute atomic E-state index is 12.3. The van der Waals surface area contributed by atoms with Gasteiger partial charge in [-0.2, -0.15) is 5.10 Å². The number of hydrogen-bond donors (Lipinski definition) is 1. The lowest BCUT2D eigenvalue weighted by Crippen LogP contribution is -2.33. The number of fused-ring (bicyclic) bond motifs is 1. The van der Waals surface area contributed by atoms with E-state index in [1.807, 2.05) is 56.3 Å². The summed E-state index contributed by atoms with van der Waals surface area (Å²) in [6.07, 6.45) is 1.04. The molecule has 4 nitrogen and oxygen atoms in total. The van der Waals surface area contributed by atoms with Crippen LogP contribution >= 0.6 is 0 Å². The molecule has 3 aromatic carbocycles. The van der Waals surface area contributed by atoms with E-state index in [4.69, 9.17) is 4.74 Å². The number of benzene rings is 3. The Balaban J connectivity index is 1.63. The third-order valence-corrected chi connectivity index (χ3v) is 4.51. The highest BCUT2D eigenvalue weighted by atomic mass is 16.5. The van der Waals surface area contributed by atoms with E-state index in [0.29, 0.717) is 5.75 Å². The third kappa shape index (κ3) is 4.53. The van der Waals surface area contributed by atoms with Crippen LogP contribution in [0.2, 0.25) is 0 Å². The van der Waals surface area contributed by atoms with Gasteiger partial charge in [-0.15, -0.1) is 0 Å². The molecule has 0 saturated heterocycles. The van der Waals surface area contributed by atoms with Gasteiger partial charge in [-0.1, -0.05) is 48.0 Å². The Bertz CT molecular complexity index is 985. The molecule has 0 radical (unpaired) electrons. The maximum Gasteiger partial charge on any atom is 0.280 e. The monoisotopic (exact) mass is 360 g/mol. The molecule has 27 heavy (non-hydrogen) atoms. The summed E-state index contributed by atoms with van der Waals surface area (Å²) in [6, 6.07) is 18.0. The summed E-state index contributed by atoms with van der Waals surface area (Å²) in [5.41, 5.74) is 7.05. The van der Waals surface area contributed by atoms with Crippen molar-refractivity contribution in [2.75, 3.05) is 0 Å². The van der Waals surface area contributed by atoms with Crippen molar-refractivity contribution in [2.24, 2.45) is 5.10 Å². The molecule has 1 atom stereocenters. The van der Waals surface area contributed by atoms with Crippen LogP contribution in [0.15, 0.2) is 59.7 Å². The Kier molecular flexibility index (Phi) is 5.55. The molecule has 0 unspecified atom stereocenters. The van der Waals surface area contributed by atoms with Crippen LogP contribution in [0.5, 0.6) is 5.75 Å². The fourth-order valence-corrected chi connectivity index (χ4v) is 3.14. The Hall–Kier alpha value is -3.14. The van der Waals surface area contributed by atoms with E-state index in [0.717, 1.165) is 27.5 Å². The molecule has 3 rings (SSSR count). The van der Waals surface area contributed by atoms with Crippen LogP contribution in [0.4, 0.5) is 0 Å². The van der Waals surface area contributed by atoms with Gasteiger partial charge in [-0.25, -0.2) is 5.43 Å². The lowest BCUT2D eigenvalue weighted by molar-refractivity contribution is -0.127. The van der Waals surface area contributed by atoms with Gasteiger partial charge in [-0.05, 0) is 61.7 Å².